The predicted octanol–water partition coefficient (Wildman–Crippen LogP) is 6.66. The van der Waals surface area contributed by atoms with E-state index in [4.69, 9.17) is 0 Å². The number of para-hydroxylation sites is 1. The van der Waals surface area contributed by atoms with Gasteiger partial charge in [-0.1, -0.05) is 53.7 Å². The summed E-state index contributed by atoms with van der Waals surface area (Å²) in [6.45, 7) is 2.63. The summed E-state index contributed by atoms with van der Waals surface area (Å²) in [5.41, 5.74) is 2.07. The third-order valence-corrected chi connectivity index (χ3v) is 6.29. The van der Waals surface area contributed by atoms with Crippen LogP contribution in [0.5, 0.6) is 0 Å². The number of halogens is 3. The first kappa shape index (κ1) is 22.9. The zero-order valence-corrected chi connectivity index (χ0v) is 18.8. The molecule has 0 fully saturated rings. The highest BCUT2D eigenvalue weighted by Gasteiger charge is 2.34. The standard InChI is InChI=1S/C26H21F3N2OS/c1-16-7-12-21(17(2)13-16)26(28,29)15-31-25(32)24-20-5-3-4-6-22(20)30-14-23(24)33-19-10-8-18(27)9-11-19/h3-14H,15H2,1-2H3,(H,31,32). The Bertz CT molecular complexity index is 1320. The number of carbonyl (C=O) groups is 1. The molecule has 4 aromatic rings. The maximum atomic E-state index is 15.0. The third-order valence-electron chi connectivity index (χ3n) is 5.26. The normalized spacial score (nSPS) is 11.5. The summed E-state index contributed by atoms with van der Waals surface area (Å²) in [7, 11) is 0. The number of hydrogen-bond donors (Lipinski definition) is 1. The molecule has 3 aromatic carbocycles. The van der Waals surface area contributed by atoms with Crippen molar-refractivity contribution in [1.82, 2.24) is 10.3 Å². The molecule has 7 heteroatoms. The van der Waals surface area contributed by atoms with E-state index in [-0.39, 0.29) is 16.9 Å². The van der Waals surface area contributed by atoms with E-state index in [9.17, 15) is 18.0 Å². The first-order valence-corrected chi connectivity index (χ1v) is 11.1. The van der Waals surface area contributed by atoms with Crippen molar-refractivity contribution in [3.63, 3.8) is 0 Å². The summed E-state index contributed by atoms with van der Waals surface area (Å²) in [6, 6.07) is 17.6. The molecule has 0 unspecified atom stereocenters. The van der Waals surface area contributed by atoms with E-state index in [0.717, 1.165) is 5.56 Å². The van der Waals surface area contributed by atoms with Gasteiger partial charge in [-0.2, -0.15) is 8.78 Å². The Morgan fingerprint density at radius 1 is 1.03 bits per heavy atom. The Hall–Kier alpha value is -3.32. The van der Waals surface area contributed by atoms with Crippen molar-refractivity contribution in [3.05, 3.63) is 101 Å². The Morgan fingerprint density at radius 2 is 1.76 bits per heavy atom. The first-order chi connectivity index (χ1) is 15.7. The van der Waals surface area contributed by atoms with Gasteiger partial charge in [-0.15, -0.1) is 0 Å². The van der Waals surface area contributed by atoms with Crippen molar-refractivity contribution in [1.29, 1.82) is 0 Å². The highest BCUT2D eigenvalue weighted by molar-refractivity contribution is 7.99. The SMILES string of the molecule is Cc1ccc(C(F)(F)CNC(=O)c2c(Sc3ccc(F)cc3)cnc3ccccc23)c(C)c1. The lowest BCUT2D eigenvalue weighted by Crippen LogP contribution is -2.35. The van der Waals surface area contributed by atoms with Crippen LogP contribution in [0.3, 0.4) is 0 Å². The van der Waals surface area contributed by atoms with Crippen molar-refractivity contribution in [2.75, 3.05) is 6.54 Å². The summed E-state index contributed by atoms with van der Waals surface area (Å²) in [4.78, 5) is 18.8. The molecule has 1 amide bonds. The lowest BCUT2D eigenvalue weighted by atomic mass is 10.00. The number of rotatable bonds is 6. The number of hydrogen-bond acceptors (Lipinski definition) is 3. The van der Waals surface area contributed by atoms with Gasteiger partial charge in [0.05, 0.1) is 17.6 Å². The number of nitrogens with zero attached hydrogens (tertiary/aromatic N) is 1. The van der Waals surface area contributed by atoms with Gasteiger partial charge in [0.25, 0.3) is 11.8 Å². The van der Waals surface area contributed by atoms with Crippen LogP contribution in [-0.4, -0.2) is 17.4 Å². The molecule has 1 N–H and O–H groups in total. The second-order valence-corrected chi connectivity index (χ2v) is 8.89. The molecule has 0 radical (unpaired) electrons. The molecule has 0 atom stereocenters. The Labute approximate surface area is 194 Å². The lowest BCUT2D eigenvalue weighted by molar-refractivity contribution is -0.00308. The number of carbonyl (C=O) groups excluding carboxylic acids is 1. The van der Waals surface area contributed by atoms with Crippen LogP contribution in [0, 0.1) is 19.7 Å². The molecule has 3 nitrogen and oxygen atoms in total. The average Bonchev–Trinajstić information content (AvgIpc) is 2.78. The Balaban J connectivity index is 1.65. The second kappa shape index (κ2) is 9.27. The van der Waals surface area contributed by atoms with Crippen LogP contribution in [-0.2, 0) is 5.92 Å². The summed E-state index contributed by atoms with van der Waals surface area (Å²) in [6.07, 6.45) is 1.54. The average molecular weight is 467 g/mol. The molecule has 0 aliphatic heterocycles. The smallest absolute Gasteiger partial charge is 0.290 e. The molecule has 4 rings (SSSR count). The summed E-state index contributed by atoms with van der Waals surface area (Å²) in [5.74, 6) is -4.23. The van der Waals surface area contributed by atoms with Crippen LogP contribution in [0.4, 0.5) is 13.2 Å². The number of aryl methyl sites for hydroxylation is 2. The molecule has 0 saturated heterocycles. The van der Waals surface area contributed by atoms with Crippen LogP contribution in [0.25, 0.3) is 10.9 Å². The zero-order chi connectivity index (χ0) is 23.6. The van der Waals surface area contributed by atoms with E-state index in [1.165, 1.54) is 36.2 Å². The monoisotopic (exact) mass is 466 g/mol. The molecule has 0 aliphatic rings. The van der Waals surface area contributed by atoms with Gasteiger partial charge in [0.15, 0.2) is 0 Å². The van der Waals surface area contributed by atoms with Crippen molar-refractivity contribution >= 4 is 28.6 Å². The van der Waals surface area contributed by atoms with Crippen LogP contribution < -0.4 is 5.32 Å². The van der Waals surface area contributed by atoms with Gasteiger partial charge in [-0.3, -0.25) is 9.78 Å². The quantitative estimate of drug-likeness (QED) is 0.345. The van der Waals surface area contributed by atoms with E-state index in [2.05, 4.69) is 10.3 Å². The maximum Gasteiger partial charge on any atom is 0.290 e. The summed E-state index contributed by atoms with van der Waals surface area (Å²) < 4.78 is 43.2. The van der Waals surface area contributed by atoms with E-state index < -0.39 is 18.4 Å². The molecule has 168 valence electrons. The van der Waals surface area contributed by atoms with E-state index in [1.54, 1.807) is 55.5 Å². The predicted molar refractivity (Wildman–Crippen MR) is 124 cm³/mol. The maximum absolute atomic E-state index is 15.0. The molecular weight excluding hydrogens is 445 g/mol. The zero-order valence-electron chi connectivity index (χ0n) is 18.0. The van der Waals surface area contributed by atoms with E-state index >= 15 is 0 Å². The van der Waals surface area contributed by atoms with Gasteiger partial charge in [0.1, 0.15) is 5.82 Å². The molecule has 1 aromatic heterocycles. The van der Waals surface area contributed by atoms with Gasteiger partial charge >= 0.3 is 0 Å². The minimum Gasteiger partial charge on any atom is -0.346 e. The Morgan fingerprint density at radius 3 is 2.48 bits per heavy atom. The molecule has 0 saturated carbocycles. The second-order valence-electron chi connectivity index (χ2n) is 7.78. The minimum atomic E-state index is -3.24. The van der Waals surface area contributed by atoms with Crippen LogP contribution in [0.1, 0.15) is 27.0 Å². The van der Waals surface area contributed by atoms with Crippen molar-refractivity contribution in [2.24, 2.45) is 0 Å². The van der Waals surface area contributed by atoms with E-state index in [1.807, 2.05) is 6.92 Å². The van der Waals surface area contributed by atoms with Gasteiger partial charge in [-0.25, -0.2) is 4.39 Å². The number of aromatic nitrogens is 1. The highest BCUT2D eigenvalue weighted by Crippen LogP contribution is 2.34. The number of fused-ring (bicyclic) bond motifs is 1. The number of amides is 1. The molecule has 0 aliphatic carbocycles. The molecule has 0 spiro atoms. The van der Waals surface area contributed by atoms with Gasteiger partial charge in [0, 0.05) is 26.9 Å². The highest BCUT2D eigenvalue weighted by atomic mass is 32.2. The fourth-order valence-corrected chi connectivity index (χ4v) is 4.60. The third kappa shape index (κ3) is 5.03. The first-order valence-electron chi connectivity index (χ1n) is 10.3. The number of pyridine rings is 1. The molecule has 33 heavy (non-hydrogen) atoms. The van der Waals surface area contributed by atoms with Gasteiger partial charge in [0.2, 0.25) is 0 Å². The van der Waals surface area contributed by atoms with Gasteiger partial charge in [-0.05, 0) is 49.7 Å². The van der Waals surface area contributed by atoms with Crippen molar-refractivity contribution < 1.29 is 18.0 Å². The molecular formula is C26H21F3N2OS. The number of benzene rings is 3. The largest absolute Gasteiger partial charge is 0.346 e. The van der Waals surface area contributed by atoms with E-state index in [0.29, 0.717) is 26.3 Å². The topological polar surface area (TPSA) is 42.0 Å². The number of alkyl halides is 2. The minimum absolute atomic E-state index is 0.117. The van der Waals surface area contributed by atoms with Crippen LogP contribution in [0.2, 0.25) is 0 Å². The summed E-state index contributed by atoms with van der Waals surface area (Å²) >= 11 is 1.22. The fraction of sp³-hybridized carbons (Fsp3) is 0.154. The van der Waals surface area contributed by atoms with Crippen molar-refractivity contribution in [3.8, 4) is 0 Å². The lowest BCUT2D eigenvalue weighted by Gasteiger charge is -2.20. The molecule has 1 heterocycles. The van der Waals surface area contributed by atoms with Crippen molar-refractivity contribution in [2.45, 2.75) is 29.6 Å². The Kier molecular flexibility index (Phi) is 6.42. The summed E-state index contributed by atoms with van der Waals surface area (Å²) in [5, 5.41) is 2.97. The van der Waals surface area contributed by atoms with Crippen LogP contribution >= 0.6 is 11.8 Å². The fourth-order valence-electron chi connectivity index (χ4n) is 3.66. The number of nitrogens with one attached hydrogen (secondary N) is 1. The van der Waals surface area contributed by atoms with Crippen LogP contribution in [0.15, 0.2) is 82.7 Å². The van der Waals surface area contributed by atoms with Gasteiger partial charge < -0.3 is 5.32 Å². The molecule has 0 bridgehead atoms.